The van der Waals surface area contributed by atoms with Crippen molar-refractivity contribution >= 4 is 39.0 Å². The number of halogens is 1. The van der Waals surface area contributed by atoms with Crippen LogP contribution in [-0.4, -0.2) is 23.1 Å². The molecule has 0 fully saturated rings. The zero-order valence-electron chi connectivity index (χ0n) is 8.10. The van der Waals surface area contributed by atoms with Gasteiger partial charge in [0, 0.05) is 4.47 Å². The molecule has 0 bridgehead atoms. The van der Waals surface area contributed by atoms with Gasteiger partial charge in [-0.15, -0.1) is 0 Å². The first-order valence-corrected chi connectivity index (χ1v) is 3.87. The molecular formula is C8H11BrMg. The van der Waals surface area contributed by atoms with Crippen molar-refractivity contribution in [2.45, 2.75) is 13.3 Å². The Balaban J connectivity index is -0.000000270. The summed E-state index contributed by atoms with van der Waals surface area (Å²) in [6.45, 7) is 2.15. The van der Waals surface area contributed by atoms with E-state index in [2.05, 4.69) is 41.1 Å². The molecule has 0 aliphatic carbocycles. The summed E-state index contributed by atoms with van der Waals surface area (Å²) < 4.78 is 1.22. The van der Waals surface area contributed by atoms with Crippen LogP contribution in [0, 0.1) is 0 Å². The fraction of sp³-hybridized carbons (Fsp3) is 0.250. The van der Waals surface area contributed by atoms with Crippen molar-refractivity contribution in [3.63, 3.8) is 0 Å². The zero-order valence-corrected chi connectivity index (χ0v) is 9.10. The van der Waals surface area contributed by atoms with E-state index in [4.69, 9.17) is 0 Å². The second-order valence-corrected chi connectivity index (χ2v) is 2.80. The summed E-state index contributed by atoms with van der Waals surface area (Å²) in [5.41, 5.74) is 1.37. The molecule has 0 aromatic heterocycles. The minimum Gasteiger partial charge on any atom is -1.00 e. The normalized spacial score (nSPS) is 8.60. The standard InChI is InChI=1S/C8H9Br.Mg.2H/c1-2-7-5-3-4-6-8(7)9;;;/h3-6H,2H2,1H3;;;/q;+2;2*-1. The predicted octanol–water partition coefficient (Wildman–Crippen LogP) is 2.86. The van der Waals surface area contributed by atoms with Gasteiger partial charge in [0.15, 0.2) is 0 Å². The molecule has 1 aromatic rings. The zero-order chi connectivity index (χ0) is 6.69. The van der Waals surface area contributed by atoms with Crippen LogP contribution >= 0.6 is 15.9 Å². The third kappa shape index (κ3) is 2.60. The van der Waals surface area contributed by atoms with Gasteiger partial charge in [0.2, 0.25) is 0 Å². The average molecular weight is 211 g/mol. The summed E-state index contributed by atoms with van der Waals surface area (Å²) in [7, 11) is 0. The van der Waals surface area contributed by atoms with Crippen LogP contribution in [0.15, 0.2) is 28.7 Å². The van der Waals surface area contributed by atoms with Crippen molar-refractivity contribution < 1.29 is 2.85 Å². The molecule has 0 spiro atoms. The monoisotopic (exact) mass is 210 g/mol. The van der Waals surface area contributed by atoms with Crippen molar-refractivity contribution in [2.75, 3.05) is 0 Å². The van der Waals surface area contributed by atoms with E-state index in [1.54, 1.807) is 0 Å². The topological polar surface area (TPSA) is 0 Å². The molecule has 0 amide bonds. The Morgan fingerprint density at radius 3 is 2.40 bits per heavy atom. The number of hydrogen-bond donors (Lipinski definition) is 0. The molecule has 0 unspecified atom stereocenters. The SMILES string of the molecule is CCc1ccccc1Br.[H-].[H-].[Mg+2]. The van der Waals surface area contributed by atoms with E-state index in [-0.39, 0.29) is 25.9 Å². The summed E-state index contributed by atoms with van der Waals surface area (Å²) in [4.78, 5) is 0. The van der Waals surface area contributed by atoms with Gasteiger partial charge in [0.05, 0.1) is 0 Å². The van der Waals surface area contributed by atoms with Crippen LogP contribution in [0.4, 0.5) is 0 Å². The Kier molecular flexibility index (Phi) is 5.40. The summed E-state index contributed by atoms with van der Waals surface area (Å²) in [6.07, 6.45) is 1.10. The van der Waals surface area contributed by atoms with Crippen LogP contribution in [0.3, 0.4) is 0 Å². The van der Waals surface area contributed by atoms with Gasteiger partial charge >= 0.3 is 23.1 Å². The van der Waals surface area contributed by atoms with Crippen LogP contribution < -0.4 is 0 Å². The number of hydrogen-bond acceptors (Lipinski definition) is 0. The molecule has 0 aliphatic heterocycles. The Hall–Kier alpha value is 0.466. The van der Waals surface area contributed by atoms with Gasteiger partial charge < -0.3 is 2.85 Å². The van der Waals surface area contributed by atoms with Gasteiger partial charge in [-0.25, -0.2) is 0 Å². The molecule has 0 saturated carbocycles. The van der Waals surface area contributed by atoms with Crippen LogP contribution in [0.5, 0.6) is 0 Å². The molecule has 1 rings (SSSR count). The largest absolute Gasteiger partial charge is 2.00 e. The predicted molar refractivity (Wildman–Crippen MR) is 51.5 cm³/mol. The van der Waals surface area contributed by atoms with Crippen molar-refractivity contribution in [3.8, 4) is 0 Å². The van der Waals surface area contributed by atoms with Crippen molar-refractivity contribution in [1.29, 1.82) is 0 Å². The molecule has 0 saturated heterocycles. The molecule has 1 aromatic carbocycles. The molecule has 52 valence electrons. The first kappa shape index (κ1) is 10.5. The first-order valence-electron chi connectivity index (χ1n) is 3.08. The van der Waals surface area contributed by atoms with E-state index in [0.29, 0.717) is 0 Å². The molecule has 0 nitrogen and oxygen atoms in total. The number of aryl methyl sites for hydroxylation is 1. The first-order chi connectivity index (χ1) is 4.34. The molecule has 0 N–H and O–H groups in total. The van der Waals surface area contributed by atoms with E-state index in [9.17, 15) is 0 Å². The van der Waals surface area contributed by atoms with Crippen LogP contribution in [0.1, 0.15) is 15.3 Å². The quantitative estimate of drug-likeness (QED) is 0.627. The minimum absolute atomic E-state index is 0. The van der Waals surface area contributed by atoms with Crippen molar-refractivity contribution in [3.05, 3.63) is 34.3 Å². The molecular weight excluding hydrogens is 200 g/mol. The van der Waals surface area contributed by atoms with Crippen molar-refractivity contribution in [1.82, 2.24) is 0 Å². The fourth-order valence-electron chi connectivity index (χ4n) is 0.785. The maximum absolute atomic E-state index is 3.46. The van der Waals surface area contributed by atoms with E-state index in [1.807, 2.05) is 6.07 Å². The molecule has 0 heterocycles. The van der Waals surface area contributed by atoms with E-state index in [0.717, 1.165) is 6.42 Å². The molecule has 0 radical (unpaired) electrons. The maximum Gasteiger partial charge on any atom is 2.00 e. The summed E-state index contributed by atoms with van der Waals surface area (Å²) in [6, 6.07) is 8.29. The average Bonchev–Trinajstić information content (AvgIpc) is 1.89. The Bertz CT molecular complexity index is 206. The fourth-order valence-corrected chi connectivity index (χ4v) is 1.35. The Morgan fingerprint density at radius 2 is 2.00 bits per heavy atom. The molecule has 0 atom stereocenters. The van der Waals surface area contributed by atoms with E-state index in [1.165, 1.54) is 10.0 Å². The van der Waals surface area contributed by atoms with Gasteiger partial charge in [0.25, 0.3) is 0 Å². The molecule has 2 heteroatoms. The third-order valence-corrected chi connectivity index (χ3v) is 2.11. The van der Waals surface area contributed by atoms with E-state index < -0.39 is 0 Å². The summed E-state index contributed by atoms with van der Waals surface area (Å²) in [5, 5.41) is 0. The van der Waals surface area contributed by atoms with Crippen LogP contribution in [0.2, 0.25) is 0 Å². The number of benzene rings is 1. The van der Waals surface area contributed by atoms with E-state index >= 15 is 0 Å². The van der Waals surface area contributed by atoms with Gasteiger partial charge in [0.1, 0.15) is 0 Å². The molecule has 10 heavy (non-hydrogen) atoms. The maximum atomic E-state index is 3.46. The Labute approximate surface area is 89.3 Å². The van der Waals surface area contributed by atoms with Crippen LogP contribution in [0.25, 0.3) is 0 Å². The second-order valence-electron chi connectivity index (χ2n) is 1.94. The van der Waals surface area contributed by atoms with Crippen LogP contribution in [-0.2, 0) is 6.42 Å². The third-order valence-electron chi connectivity index (χ3n) is 1.34. The van der Waals surface area contributed by atoms with Gasteiger partial charge in [-0.3, -0.25) is 0 Å². The second kappa shape index (κ2) is 5.16. The van der Waals surface area contributed by atoms with Crippen molar-refractivity contribution in [2.24, 2.45) is 0 Å². The minimum atomic E-state index is 0. The number of rotatable bonds is 1. The summed E-state index contributed by atoms with van der Waals surface area (Å²) in [5.74, 6) is 0. The smallest absolute Gasteiger partial charge is 1.00 e. The van der Waals surface area contributed by atoms with Gasteiger partial charge in [-0.05, 0) is 18.1 Å². The Morgan fingerprint density at radius 1 is 1.40 bits per heavy atom. The molecule has 0 aliphatic rings. The summed E-state index contributed by atoms with van der Waals surface area (Å²) >= 11 is 3.46. The van der Waals surface area contributed by atoms with Gasteiger partial charge in [-0.2, -0.15) is 0 Å². The van der Waals surface area contributed by atoms with Gasteiger partial charge in [-0.1, -0.05) is 41.1 Å².